The average molecular weight is 267 g/mol. The lowest BCUT2D eigenvalue weighted by Crippen LogP contribution is -1.87. The summed E-state index contributed by atoms with van der Waals surface area (Å²) in [6.07, 6.45) is 0. The van der Waals surface area contributed by atoms with E-state index < -0.39 is 10.7 Å². The molecule has 0 amide bonds. The Balaban J connectivity index is 2.04. The third-order valence-corrected chi connectivity index (χ3v) is 3.27. The third-order valence-electron chi connectivity index (χ3n) is 2.25. The van der Waals surface area contributed by atoms with Gasteiger partial charge in [-0.25, -0.2) is 4.79 Å². The van der Waals surface area contributed by atoms with Crippen molar-refractivity contribution < 1.29 is 13.8 Å². The summed E-state index contributed by atoms with van der Waals surface area (Å²) in [5, 5.41) is 10.5. The Kier molecular flexibility index (Phi) is 3.52. The van der Waals surface area contributed by atoms with E-state index in [0.29, 0.717) is 17.3 Å². The van der Waals surface area contributed by atoms with Crippen molar-refractivity contribution in [2.75, 3.05) is 0 Å². The van der Waals surface area contributed by atoms with Gasteiger partial charge in [0, 0.05) is 17.0 Å². The number of nitrogens with zero attached hydrogens (tertiary/aromatic N) is 1. The standard InChI is InChI=1S/C11H9NO5S/c1-7-10(17-11(13)16-7)6-18-9-4-2-8(3-5-9)12(14)15/h2-5H,6H2,1H3. The van der Waals surface area contributed by atoms with Crippen LogP contribution in [0.5, 0.6) is 0 Å². The lowest BCUT2D eigenvalue weighted by molar-refractivity contribution is -0.384. The van der Waals surface area contributed by atoms with E-state index in [9.17, 15) is 14.9 Å². The number of hydrogen-bond acceptors (Lipinski definition) is 6. The summed E-state index contributed by atoms with van der Waals surface area (Å²) in [6.45, 7) is 1.65. The molecule has 0 atom stereocenters. The molecule has 6 nitrogen and oxygen atoms in total. The molecule has 1 heterocycles. The van der Waals surface area contributed by atoms with Gasteiger partial charge in [-0.3, -0.25) is 10.1 Å². The molecular weight excluding hydrogens is 258 g/mol. The van der Waals surface area contributed by atoms with Gasteiger partial charge in [-0.15, -0.1) is 11.8 Å². The Morgan fingerprint density at radius 2 is 1.94 bits per heavy atom. The molecule has 2 aromatic rings. The van der Waals surface area contributed by atoms with E-state index in [2.05, 4.69) is 0 Å². The highest BCUT2D eigenvalue weighted by atomic mass is 32.2. The van der Waals surface area contributed by atoms with Crippen molar-refractivity contribution in [3.63, 3.8) is 0 Å². The van der Waals surface area contributed by atoms with Crippen molar-refractivity contribution in [2.45, 2.75) is 17.6 Å². The monoisotopic (exact) mass is 267 g/mol. The molecule has 0 aliphatic carbocycles. The molecule has 0 aliphatic rings. The normalized spacial score (nSPS) is 10.5. The van der Waals surface area contributed by atoms with E-state index in [1.807, 2.05) is 0 Å². The van der Waals surface area contributed by atoms with Crippen LogP contribution < -0.4 is 5.82 Å². The minimum absolute atomic E-state index is 0.0466. The molecule has 0 spiro atoms. The molecule has 94 valence electrons. The Morgan fingerprint density at radius 3 is 2.44 bits per heavy atom. The molecule has 7 heteroatoms. The summed E-state index contributed by atoms with van der Waals surface area (Å²) >= 11 is 1.41. The van der Waals surface area contributed by atoms with Crippen molar-refractivity contribution in [1.82, 2.24) is 0 Å². The van der Waals surface area contributed by atoms with E-state index in [4.69, 9.17) is 8.83 Å². The molecule has 0 N–H and O–H groups in total. The second-order valence-corrected chi connectivity index (χ2v) is 4.52. The number of non-ortho nitro benzene ring substituents is 1. The van der Waals surface area contributed by atoms with Crippen LogP contribution in [0.1, 0.15) is 11.5 Å². The summed E-state index contributed by atoms with van der Waals surface area (Å²) in [5.41, 5.74) is 0.0466. The molecule has 1 aromatic heterocycles. The van der Waals surface area contributed by atoms with Gasteiger partial charge in [-0.2, -0.15) is 0 Å². The zero-order valence-electron chi connectivity index (χ0n) is 9.41. The van der Waals surface area contributed by atoms with Gasteiger partial charge >= 0.3 is 5.82 Å². The predicted octanol–water partition coefficient (Wildman–Crippen LogP) is 2.74. The van der Waals surface area contributed by atoms with Crippen LogP contribution in [0.25, 0.3) is 0 Å². The van der Waals surface area contributed by atoms with Gasteiger partial charge in [-0.1, -0.05) is 0 Å². The van der Waals surface area contributed by atoms with E-state index in [-0.39, 0.29) is 5.69 Å². The molecular formula is C11H9NO5S. The molecule has 18 heavy (non-hydrogen) atoms. The highest BCUT2D eigenvalue weighted by Crippen LogP contribution is 2.25. The molecule has 0 fully saturated rings. The van der Waals surface area contributed by atoms with Crippen molar-refractivity contribution in [1.29, 1.82) is 0 Å². The minimum atomic E-state index is -0.716. The zero-order valence-corrected chi connectivity index (χ0v) is 10.2. The van der Waals surface area contributed by atoms with Gasteiger partial charge < -0.3 is 8.83 Å². The van der Waals surface area contributed by atoms with Crippen molar-refractivity contribution in [3.05, 3.63) is 56.5 Å². The quantitative estimate of drug-likeness (QED) is 0.481. The molecule has 0 saturated heterocycles. The van der Waals surface area contributed by atoms with Crippen LogP contribution in [0, 0.1) is 17.0 Å². The van der Waals surface area contributed by atoms with E-state index >= 15 is 0 Å². The van der Waals surface area contributed by atoms with Crippen LogP contribution >= 0.6 is 11.8 Å². The Hall–Kier alpha value is -2.02. The summed E-state index contributed by atoms with van der Waals surface area (Å²) in [6, 6.07) is 6.16. The highest BCUT2D eigenvalue weighted by molar-refractivity contribution is 7.98. The largest absolute Gasteiger partial charge is 0.519 e. The lowest BCUT2D eigenvalue weighted by Gasteiger charge is -1.98. The van der Waals surface area contributed by atoms with Crippen molar-refractivity contribution >= 4 is 17.4 Å². The van der Waals surface area contributed by atoms with Crippen LogP contribution in [0.3, 0.4) is 0 Å². The number of aryl methyl sites for hydroxylation is 1. The van der Waals surface area contributed by atoms with Gasteiger partial charge in [0.2, 0.25) is 0 Å². The molecule has 0 aliphatic heterocycles. The average Bonchev–Trinajstić information content (AvgIpc) is 2.66. The third kappa shape index (κ3) is 2.80. The van der Waals surface area contributed by atoms with Crippen molar-refractivity contribution in [3.8, 4) is 0 Å². The Labute approximate surface area is 106 Å². The first kappa shape index (κ1) is 12.4. The highest BCUT2D eigenvalue weighted by Gasteiger charge is 2.09. The number of nitro groups is 1. The maximum atomic E-state index is 10.8. The van der Waals surface area contributed by atoms with E-state index in [1.165, 1.54) is 23.9 Å². The first-order valence-corrected chi connectivity index (χ1v) is 6.01. The smallest absolute Gasteiger partial charge is 0.396 e. The first-order valence-electron chi connectivity index (χ1n) is 5.03. The second-order valence-electron chi connectivity index (χ2n) is 3.47. The summed E-state index contributed by atoms with van der Waals surface area (Å²) in [7, 11) is 0. The zero-order chi connectivity index (χ0) is 13.1. The number of nitro benzene ring substituents is 1. The number of benzene rings is 1. The maximum absolute atomic E-state index is 10.8. The number of thioether (sulfide) groups is 1. The van der Waals surface area contributed by atoms with Crippen LogP contribution in [-0.2, 0) is 5.75 Å². The van der Waals surface area contributed by atoms with Crippen molar-refractivity contribution in [2.24, 2.45) is 0 Å². The first-order chi connectivity index (χ1) is 8.56. The van der Waals surface area contributed by atoms with E-state index in [0.717, 1.165) is 4.90 Å². The van der Waals surface area contributed by atoms with Crippen LogP contribution in [0.15, 0.2) is 42.8 Å². The van der Waals surface area contributed by atoms with E-state index in [1.54, 1.807) is 19.1 Å². The molecule has 2 rings (SSSR count). The van der Waals surface area contributed by atoms with Crippen LogP contribution in [0.2, 0.25) is 0 Å². The minimum Gasteiger partial charge on any atom is -0.396 e. The Morgan fingerprint density at radius 1 is 1.28 bits per heavy atom. The van der Waals surface area contributed by atoms with Gasteiger partial charge in [0.1, 0.15) is 5.76 Å². The summed E-state index contributed by atoms with van der Waals surface area (Å²) in [5.74, 6) is 0.652. The van der Waals surface area contributed by atoms with Gasteiger partial charge in [0.25, 0.3) is 5.69 Å². The molecule has 0 unspecified atom stereocenters. The summed E-state index contributed by atoms with van der Waals surface area (Å²) < 4.78 is 9.58. The topological polar surface area (TPSA) is 86.5 Å². The van der Waals surface area contributed by atoms with Gasteiger partial charge in [-0.05, 0) is 19.1 Å². The summed E-state index contributed by atoms with van der Waals surface area (Å²) in [4.78, 5) is 21.7. The molecule has 0 radical (unpaired) electrons. The van der Waals surface area contributed by atoms with Crippen LogP contribution in [-0.4, -0.2) is 4.92 Å². The number of rotatable bonds is 4. The fourth-order valence-electron chi connectivity index (χ4n) is 1.32. The number of hydrogen-bond donors (Lipinski definition) is 0. The fourth-order valence-corrected chi connectivity index (χ4v) is 2.21. The SMILES string of the molecule is Cc1oc(=O)oc1CSc1ccc([N+](=O)[O-])cc1. The molecule has 0 bridgehead atoms. The molecule has 0 saturated carbocycles. The lowest BCUT2D eigenvalue weighted by atomic mass is 10.3. The Bertz CT molecular complexity index is 613. The maximum Gasteiger partial charge on any atom is 0.519 e. The van der Waals surface area contributed by atoms with Gasteiger partial charge in [0.05, 0.1) is 10.7 Å². The second kappa shape index (κ2) is 5.09. The molecule has 1 aromatic carbocycles. The predicted molar refractivity (Wildman–Crippen MR) is 64.6 cm³/mol. The fraction of sp³-hybridized carbons (Fsp3) is 0.182. The van der Waals surface area contributed by atoms with Gasteiger partial charge in [0.15, 0.2) is 5.76 Å². The van der Waals surface area contributed by atoms with Crippen LogP contribution in [0.4, 0.5) is 5.69 Å².